The van der Waals surface area contributed by atoms with Gasteiger partial charge < -0.3 is 9.47 Å². The fourth-order valence-corrected chi connectivity index (χ4v) is 0.648. The topological polar surface area (TPSA) is 99.1 Å². The monoisotopic (exact) mass is 235 g/mol. The summed E-state index contributed by atoms with van der Waals surface area (Å²) in [5, 5.41) is 0. The Labute approximate surface area is 87.4 Å². The van der Waals surface area contributed by atoms with Crippen LogP contribution in [0.3, 0.4) is 0 Å². The van der Waals surface area contributed by atoms with Crippen LogP contribution < -0.4 is 0 Å². The maximum atomic E-state index is 10.8. The number of amides is 1. The van der Waals surface area contributed by atoms with E-state index in [1.807, 2.05) is 0 Å². The number of nitrogens with zero attached hydrogens (tertiary/aromatic N) is 1. The van der Waals surface area contributed by atoms with E-state index in [0.29, 0.717) is 0 Å². The Balaban J connectivity index is 3.73. The molecule has 0 saturated carbocycles. The zero-order valence-electron chi connectivity index (χ0n) is 7.93. The van der Waals surface area contributed by atoms with Crippen molar-refractivity contribution >= 4 is 22.6 Å². The van der Waals surface area contributed by atoms with Gasteiger partial charge in [0.25, 0.3) is 0 Å². The van der Waals surface area contributed by atoms with Crippen LogP contribution in [0.4, 0.5) is 4.79 Å². The molecular formula is C7H9NO6S. The van der Waals surface area contributed by atoms with E-state index in [9.17, 15) is 18.0 Å². The van der Waals surface area contributed by atoms with Gasteiger partial charge in [0, 0.05) is 5.57 Å². The molecule has 0 aromatic carbocycles. The summed E-state index contributed by atoms with van der Waals surface area (Å²) < 4.78 is 31.1. The molecule has 1 amide bonds. The minimum atomic E-state index is -2.84. The minimum Gasteiger partial charge on any atom is -0.459 e. The number of carbonyl (C=O) groups excluding carboxylic acids is 2. The molecule has 0 rings (SSSR count). The van der Waals surface area contributed by atoms with Crippen molar-refractivity contribution in [2.75, 3.05) is 13.2 Å². The summed E-state index contributed by atoms with van der Waals surface area (Å²) in [5.41, 5.74) is 0.215. The number of hydrogen-bond donors (Lipinski definition) is 0. The van der Waals surface area contributed by atoms with Crippen LogP contribution in [-0.4, -0.2) is 33.7 Å². The largest absolute Gasteiger partial charge is 0.459 e. The summed E-state index contributed by atoms with van der Waals surface area (Å²) in [6, 6.07) is 0. The molecule has 0 unspecified atom stereocenters. The first kappa shape index (κ1) is 13.3. The number of rotatable bonds is 4. The third-order valence-corrected chi connectivity index (χ3v) is 1.34. The van der Waals surface area contributed by atoms with E-state index in [2.05, 4.69) is 20.4 Å². The van der Waals surface area contributed by atoms with Gasteiger partial charge in [-0.2, -0.15) is 8.42 Å². The maximum absolute atomic E-state index is 10.8. The first-order valence-electron chi connectivity index (χ1n) is 3.74. The van der Waals surface area contributed by atoms with Gasteiger partial charge in [0.05, 0.1) is 0 Å². The second-order valence-electron chi connectivity index (χ2n) is 2.34. The lowest BCUT2D eigenvalue weighted by Crippen LogP contribution is -2.12. The van der Waals surface area contributed by atoms with Crippen molar-refractivity contribution in [3.63, 3.8) is 0 Å². The van der Waals surface area contributed by atoms with Gasteiger partial charge in [-0.1, -0.05) is 10.9 Å². The summed E-state index contributed by atoms with van der Waals surface area (Å²) in [7, 11) is -2.84. The first-order chi connectivity index (χ1) is 6.93. The Hall–Kier alpha value is -1.70. The van der Waals surface area contributed by atoms with E-state index in [0.717, 1.165) is 0 Å². The molecule has 0 aromatic rings. The molecule has 0 fully saturated rings. The van der Waals surface area contributed by atoms with Crippen molar-refractivity contribution in [1.29, 1.82) is 0 Å². The van der Waals surface area contributed by atoms with Crippen molar-refractivity contribution in [1.82, 2.24) is 0 Å². The zero-order valence-corrected chi connectivity index (χ0v) is 8.74. The van der Waals surface area contributed by atoms with Gasteiger partial charge in [0.15, 0.2) is 0 Å². The van der Waals surface area contributed by atoms with Crippen LogP contribution in [0.25, 0.3) is 0 Å². The van der Waals surface area contributed by atoms with E-state index in [4.69, 9.17) is 0 Å². The molecule has 0 aliphatic carbocycles. The molecule has 0 radical (unpaired) electrons. The molecule has 0 N–H and O–H groups in total. The Morgan fingerprint density at radius 2 is 1.80 bits per heavy atom. The van der Waals surface area contributed by atoms with Crippen LogP contribution in [-0.2, 0) is 24.8 Å². The van der Waals surface area contributed by atoms with Crippen LogP contribution in [0.5, 0.6) is 0 Å². The molecule has 0 aliphatic heterocycles. The third-order valence-electron chi connectivity index (χ3n) is 1.04. The molecule has 0 heterocycles. The lowest BCUT2D eigenvalue weighted by molar-refractivity contribution is -0.139. The van der Waals surface area contributed by atoms with Crippen molar-refractivity contribution < 1.29 is 27.5 Å². The normalized spacial score (nSPS) is 8.87. The lowest BCUT2D eigenvalue weighted by Gasteiger charge is -2.02. The van der Waals surface area contributed by atoms with Crippen LogP contribution in [0.15, 0.2) is 16.5 Å². The molecule has 0 aromatic heterocycles. The third kappa shape index (κ3) is 7.38. The standard InChI is InChI=1S/C7H9NO6S/c1-5(2)6(9)13-3-4-14-7(10)8-15(11)12/h1,3-4H2,2H3. The second-order valence-corrected chi connectivity index (χ2v) is 2.96. The van der Waals surface area contributed by atoms with E-state index < -0.39 is 22.6 Å². The Kier molecular flexibility index (Phi) is 5.95. The highest BCUT2D eigenvalue weighted by Gasteiger charge is 2.04. The van der Waals surface area contributed by atoms with Gasteiger partial charge in [-0.3, -0.25) is 0 Å². The lowest BCUT2D eigenvalue weighted by atomic mass is 10.4. The number of esters is 1. The quantitative estimate of drug-likeness (QED) is 0.395. The number of hydrogen-bond acceptors (Lipinski definition) is 6. The number of ether oxygens (including phenoxy) is 2. The molecule has 84 valence electrons. The molecular weight excluding hydrogens is 226 g/mol. The number of carbonyl (C=O) groups is 2. The van der Waals surface area contributed by atoms with Crippen molar-refractivity contribution in [3.8, 4) is 0 Å². The molecule has 7 nitrogen and oxygen atoms in total. The van der Waals surface area contributed by atoms with Gasteiger partial charge in [0.1, 0.15) is 13.2 Å². The average Bonchev–Trinajstić information content (AvgIpc) is 2.10. The highest BCUT2D eigenvalue weighted by Crippen LogP contribution is 1.92. The van der Waals surface area contributed by atoms with Crippen LogP contribution in [0.1, 0.15) is 6.92 Å². The van der Waals surface area contributed by atoms with Gasteiger partial charge in [-0.05, 0) is 6.92 Å². The Morgan fingerprint density at radius 3 is 2.27 bits per heavy atom. The zero-order chi connectivity index (χ0) is 11.8. The second kappa shape index (κ2) is 6.71. The molecule has 0 bridgehead atoms. The van der Waals surface area contributed by atoms with E-state index in [-0.39, 0.29) is 18.8 Å². The van der Waals surface area contributed by atoms with E-state index in [1.54, 1.807) is 0 Å². The van der Waals surface area contributed by atoms with Crippen molar-refractivity contribution in [3.05, 3.63) is 12.2 Å². The van der Waals surface area contributed by atoms with Crippen LogP contribution >= 0.6 is 0 Å². The minimum absolute atomic E-state index is 0.182. The Bertz CT molecular complexity index is 388. The van der Waals surface area contributed by atoms with Gasteiger partial charge in [-0.25, -0.2) is 9.59 Å². The van der Waals surface area contributed by atoms with Gasteiger partial charge in [0.2, 0.25) is 0 Å². The van der Waals surface area contributed by atoms with Crippen molar-refractivity contribution in [2.24, 2.45) is 4.36 Å². The molecule has 15 heavy (non-hydrogen) atoms. The van der Waals surface area contributed by atoms with Crippen molar-refractivity contribution in [2.45, 2.75) is 6.92 Å². The predicted molar refractivity (Wildman–Crippen MR) is 48.5 cm³/mol. The van der Waals surface area contributed by atoms with Gasteiger partial charge in [-0.15, -0.1) is 0 Å². The predicted octanol–water partition coefficient (Wildman–Crippen LogP) is 0.305. The summed E-state index contributed by atoms with van der Waals surface area (Å²) in [4.78, 5) is 21.3. The van der Waals surface area contributed by atoms with E-state index in [1.165, 1.54) is 6.92 Å². The molecule has 0 spiro atoms. The van der Waals surface area contributed by atoms with Crippen LogP contribution in [0.2, 0.25) is 0 Å². The summed E-state index contributed by atoms with van der Waals surface area (Å²) in [5.74, 6) is -0.615. The summed E-state index contributed by atoms with van der Waals surface area (Å²) >= 11 is 0. The average molecular weight is 235 g/mol. The first-order valence-corrected chi connectivity index (χ1v) is 4.77. The summed E-state index contributed by atoms with van der Waals surface area (Å²) in [6.07, 6.45) is -1.25. The fourth-order valence-electron chi connectivity index (χ4n) is 0.474. The molecule has 8 heteroatoms. The summed E-state index contributed by atoms with van der Waals surface area (Å²) in [6.45, 7) is 4.34. The van der Waals surface area contributed by atoms with E-state index >= 15 is 0 Å². The fraction of sp³-hybridized carbons (Fsp3) is 0.429. The van der Waals surface area contributed by atoms with Gasteiger partial charge >= 0.3 is 22.6 Å². The molecule has 0 aliphatic rings. The highest BCUT2D eigenvalue weighted by molar-refractivity contribution is 7.62. The maximum Gasteiger partial charge on any atom is 0.448 e. The van der Waals surface area contributed by atoms with Crippen LogP contribution in [0, 0.1) is 0 Å². The Morgan fingerprint density at radius 1 is 1.27 bits per heavy atom. The smallest absolute Gasteiger partial charge is 0.448 e. The highest BCUT2D eigenvalue weighted by atomic mass is 32.2. The molecule has 0 atom stereocenters. The molecule has 0 saturated heterocycles. The SMILES string of the molecule is C=C(C)C(=O)OCCOC(=O)N=S(=O)=O.